The van der Waals surface area contributed by atoms with Gasteiger partial charge in [-0.25, -0.2) is 0 Å². The maximum Gasteiger partial charge on any atom is 0.290 e. The maximum absolute atomic E-state index is 13.0. The number of carbonyl (C=O) groups excluding carboxylic acids is 1. The minimum Gasteiger partial charge on any atom is -0.450 e. The third-order valence-corrected chi connectivity index (χ3v) is 4.99. The van der Waals surface area contributed by atoms with Crippen LogP contribution in [0.3, 0.4) is 0 Å². The molecule has 0 spiro atoms. The second-order valence-electron chi connectivity index (χ2n) is 5.68. The molecule has 0 saturated carbocycles. The lowest BCUT2D eigenvalue weighted by atomic mass is 9.99. The monoisotopic (exact) mass is 403 g/mol. The van der Waals surface area contributed by atoms with Crippen LogP contribution in [0.5, 0.6) is 0 Å². The lowest BCUT2D eigenvalue weighted by Gasteiger charge is -2.20. The average Bonchev–Trinajstić information content (AvgIpc) is 2.82. The maximum atomic E-state index is 13.0. The second-order valence-corrected chi connectivity index (χ2v) is 7.04. The van der Waals surface area contributed by atoms with Crippen LogP contribution < -0.4 is 5.43 Å². The Morgan fingerprint density at radius 1 is 1.12 bits per heavy atom. The first-order valence-corrected chi connectivity index (χ1v) is 8.43. The highest BCUT2D eigenvalue weighted by Gasteiger charge is 2.40. The standard InChI is InChI=1S/C18H11BrClNO3/c1-21-15(9-2-5-11(20)6-3-9)14-16(22)12-8-10(19)4-7-13(12)24-17(14)18(21)23/h2-8,15H,1H3. The number of carbonyl (C=O) groups is 1. The SMILES string of the molecule is CN1C(=O)c2oc3ccc(Br)cc3c(=O)c2C1c1ccc(Cl)cc1. The second kappa shape index (κ2) is 5.46. The Balaban J connectivity index is 2.03. The van der Waals surface area contributed by atoms with Crippen LogP contribution in [0.1, 0.15) is 27.7 Å². The summed E-state index contributed by atoms with van der Waals surface area (Å²) in [5.41, 5.74) is 1.40. The summed E-state index contributed by atoms with van der Waals surface area (Å²) in [6.45, 7) is 0. The molecule has 1 aliphatic heterocycles. The minimum atomic E-state index is -0.482. The smallest absolute Gasteiger partial charge is 0.290 e. The molecule has 0 N–H and O–H groups in total. The Bertz CT molecular complexity index is 1040. The van der Waals surface area contributed by atoms with E-state index in [1.165, 1.54) is 4.90 Å². The Morgan fingerprint density at radius 2 is 1.83 bits per heavy atom. The molecule has 24 heavy (non-hydrogen) atoms. The molecule has 1 amide bonds. The van der Waals surface area contributed by atoms with E-state index in [1.807, 2.05) is 12.1 Å². The highest BCUT2D eigenvalue weighted by atomic mass is 79.9. The van der Waals surface area contributed by atoms with Gasteiger partial charge in [0.25, 0.3) is 5.91 Å². The van der Waals surface area contributed by atoms with Crippen molar-refractivity contribution in [3.8, 4) is 0 Å². The zero-order valence-electron chi connectivity index (χ0n) is 12.5. The van der Waals surface area contributed by atoms with Crippen molar-refractivity contribution in [2.75, 3.05) is 7.05 Å². The zero-order valence-corrected chi connectivity index (χ0v) is 14.9. The minimum absolute atomic E-state index is 0.109. The predicted octanol–water partition coefficient (Wildman–Crippen LogP) is 4.38. The molecule has 3 aromatic rings. The molecule has 0 fully saturated rings. The zero-order chi connectivity index (χ0) is 17.0. The fourth-order valence-corrected chi connectivity index (χ4v) is 3.58. The van der Waals surface area contributed by atoms with E-state index in [0.29, 0.717) is 21.6 Å². The normalized spacial score (nSPS) is 16.7. The third-order valence-electron chi connectivity index (χ3n) is 4.25. The molecule has 1 aromatic heterocycles. The summed E-state index contributed by atoms with van der Waals surface area (Å²) < 4.78 is 6.54. The lowest BCUT2D eigenvalue weighted by Crippen LogP contribution is -2.25. The van der Waals surface area contributed by atoms with E-state index in [-0.39, 0.29) is 17.1 Å². The summed E-state index contributed by atoms with van der Waals surface area (Å²) in [6, 6.07) is 11.8. The largest absolute Gasteiger partial charge is 0.450 e. The van der Waals surface area contributed by atoms with E-state index < -0.39 is 6.04 Å². The van der Waals surface area contributed by atoms with Gasteiger partial charge >= 0.3 is 0 Å². The first kappa shape index (κ1) is 15.4. The van der Waals surface area contributed by atoms with Gasteiger partial charge in [-0.15, -0.1) is 0 Å². The van der Waals surface area contributed by atoms with Crippen molar-refractivity contribution in [3.05, 3.63) is 79.1 Å². The van der Waals surface area contributed by atoms with Crippen molar-refractivity contribution in [2.45, 2.75) is 6.04 Å². The van der Waals surface area contributed by atoms with Crippen LogP contribution in [0.4, 0.5) is 0 Å². The highest BCUT2D eigenvalue weighted by molar-refractivity contribution is 9.10. The van der Waals surface area contributed by atoms with Gasteiger partial charge in [-0.05, 0) is 35.9 Å². The molecule has 1 unspecified atom stereocenters. The first-order chi connectivity index (χ1) is 11.5. The fourth-order valence-electron chi connectivity index (χ4n) is 3.10. The van der Waals surface area contributed by atoms with Crippen LogP contribution in [0.25, 0.3) is 11.0 Å². The van der Waals surface area contributed by atoms with Gasteiger partial charge < -0.3 is 9.32 Å². The number of benzene rings is 2. The molecule has 4 nitrogen and oxygen atoms in total. The van der Waals surface area contributed by atoms with E-state index in [4.69, 9.17) is 16.0 Å². The van der Waals surface area contributed by atoms with Gasteiger partial charge in [-0.3, -0.25) is 9.59 Å². The van der Waals surface area contributed by atoms with Gasteiger partial charge in [0.2, 0.25) is 5.76 Å². The quantitative estimate of drug-likeness (QED) is 0.604. The molecule has 1 atom stereocenters. The topological polar surface area (TPSA) is 50.5 Å². The summed E-state index contributed by atoms with van der Waals surface area (Å²) in [5, 5.41) is 1.05. The van der Waals surface area contributed by atoms with E-state index >= 15 is 0 Å². The van der Waals surface area contributed by atoms with Crippen LogP contribution >= 0.6 is 27.5 Å². The number of hydrogen-bond acceptors (Lipinski definition) is 3. The van der Waals surface area contributed by atoms with Crippen molar-refractivity contribution < 1.29 is 9.21 Å². The summed E-state index contributed by atoms with van der Waals surface area (Å²) in [7, 11) is 1.66. The van der Waals surface area contributed by atoms with E-state index in [9.17, 15) is 9.59 Å². The highest BCUT2D eigenvalue weighted by Crippen LogP contribution is 2.37. The molecule has 6 heteroatoms. The predicted molar refractivity (Wildman–Crippen MR) is 95.6 cm³/mol. The van der Waals surface area contributed by atoms with Crippen LogP contribution in [0.15, 0.2) is 56.1 Å². The van der Waals surface area contributed by atoms with E-state index in [2.05, 4.69) is 15.9 Å². The van der Waals surface area contributed by atoms with Gasteiger partial charge in [0, 0.05) is 16.5 Å². The number of rotatable bonds is 1. The van der Waals surface area contributed by atoms with Gasteiger partial charge in [-0.2, -0.15) is 0 Å². The lowest BCUT2D eigenvalue weighted by molar-refractivity contribution is 0.0771. The number of halogens is 2. The van der Waals surface area contributed by atoms with Gasteiger partial charge in [-0.1, -0.05) is 39.7 Å². The number of hydrogen-bond donors (Lipinski definition) is 0. The van der Waals surface area contributed by atoms with Crippen molar-refractivity contribution >= 4 is 44.4 Å². The number of nitrogens with zero attached hydrogens (tertiary/aromatic N) is 1. The van der Waals surface area contributed by atoms with Crippen LogP contribution in [0.2, 0.25) is 5.02 Å². The summed E-state index contributed by atoms with van der Waals surface area (Å²) in [4.78, 5) is 27.1. The number of fused-ring (bicyclic) bond motifs is 2. The number of amides is 1. The van der Waals surface area contributed by atoms with E-state index in [1.54, 1.807) is 37.4 Å². The molecule has 0 aliphatic carbocycles. The Kier molecular flexibility index (Phi) is 3.51. The first-order valence-electron chi connectivity index (χ1n) is 7.26. The van der Waals surface area contributed by atoms with Crippen LogP contribution in [-0.2, 0) is 0 Å². The van der Waals surface area contributed by atoms with Crippen molar-refractivity contribution in [2.24, 2.45) is 0 Å². The molecule has 0 saturated heterocycles. The van der Waals surface area contributed by atoms with Crippen LogP contribution in [0, 0.1) is 0 Å². The van der Waals surface area contributed by atoms with Crippen molar-refractivity contribution in [1.29, 1.82) is 0 Å². The summed E-state index contributed by atoms with van der Waals surface area (Å²) >= 11 is 9.31. The van der Waals surface area contributed by atoms with Crippen molar-refractivity contribution in [3.63, 3.8) is 0 Å². The van der Waals surface area contributed by atoms with Gasteiger partial charge in [0.15, 0.2) is 5.43 Å². The van der Waals surface area contributed by atoms with Crippen LogP contribution in [-0.4, -0.2) is 17.9 Å². The molecule has 2 heterocycles. The van der Waals surface area contributed by atoms with E-state index in [0.717, 1.165) is 10.0 Å². The molecule has 0 radical (unpaired) electrons. The molecule has 2 aromatic carbocycles. The fraction of sp³-hybridized carbons (Fsp3) is 0.111. The van der Waals surface area contributed by atoms with Gasteiger partial charge in [0.1, 0.15) is 5.58 Å². The molecule has 4 rings (SSSR count). The summed E-state index contributed by atoms with van der Waals surface area (Å²) in [5.74, 6) is -0.191. The van der Waals surface area contributed by atoms with Crippen molar-refractivity contribution in [1.82, 2.24) is 4.90 Å². The Labute approximate surface area is 150 Å². The summed E-state index contributed by atoms with van der Waals surface area (Å²) in [6.07, 6.45) is 0. The third kappa shape index (κ3) is 2.19. The molecule has 0 bridgehead atoms. The Hall–Kier alpha value is -2.11. The Morgan fingerprint density at radius 3 is 2.54 bits per heavy atom. The van der Waals surface area contributed by atoms with Gasteiger partial charge in [0.05, 0.1) is 17.0 Å². The molecular formula is C18H11BrClNO3. The molecule has 1 aliphatic rings. The molecule has 120 valence electrons. The average molecular weight is 405 g/mol. The molecular weight excluding hydrogens is 394 g/mol.